The first-order chi connectivity index (χ1) is 17.4. The van der Waals surface area contributed by atoms with E-state index in [4.69, 9.17) is 42.1 Å². The number of carbonyl (C=O) groups is 1. The van der Waals surface area contributed by atoms with Gasteiger partial charge in [-0.3, -0.25) is 4.79 Å². The summed E-state index contributed by atoms with van der Waals surface area (Å²) in [4.78, 5) is 25.6. The fourth-order valence-electron chi connectivity index (χ4n) is 4.02. The second-order valence-electron chi connectivity index (χ2n) is 8.08. The lowest BCUT2D eigenvalue weighted by Crippen LogP contribution is -2.30. The number of methoxy groups -OCH3 is 2. The van der Waals surface area contributed by atoms with Crippen LogP contribution in [-0.2, 0) is 9.53 Å². The summed E-state index contributed by atoms with van der Waals surface area (Å²) in [6.07, 6.45) is 3.34. The van der Waals surface area contributed by atoms with E-state index in [-0.39, 0.29) is 27.8 Å². The smallest absolute Gasteiger partial charge is 0.241 e. The molecule has 0 saturated carbocycles. The van der Waals surface area contributed by atoms with Crippen molar-refractivity contribution in [2.75, 3.05) is 39.4 Å². The van der Waals surface area contributed by atoms with Crippen LogP contribution in [0.15, 0.2) is 31.0 Å². The summed E-state index contributed by atoms with van der Waals surface area (Å²) < 4.78 is 22.2. The first kappa shape index (κ1) is 25.9. The van der Waals surface area contributed by atoms with E-state index in [9.17, 15) is 4.79 Å². The second kappa shape index (κ2) is 11.3. The normalized spacial score (nSPS) is 17.1. The van der Waals surface area contributed by atoms with E-state index in [0.29, 0.717) is 71.7 Å². The number of allylic oxidation sites excluding steroid dienone is 1. The Bertz CT molecular complexity index is 1280. The number of pyridine rings is 1. The summed E-state index contributed by atoms with van der Waals surface area (Å²) in [7, 11) is 3.01. The van der Waals surface area contributed by atoms with Crippen LogP contribution in [0.2, 0.25) is 10.0 Å². The molecule has 2 aromatic heterocycles. The van der Waals surface area contributed by atoms with Gasteiger partial charge in [0, 0.05) is 35.6 Å². The Kier molecular flexibility index (Phi) is 8.13. The van der Waals surface area contributed by atoms with Crippen molar-refractivity contribution in [3.63, 3.8) is 0 Å². The SMILES string of the molecule is C=CC(=O)C[C@H]1COC[C@H]1Nc1ncc2cc(-c3c(Cl)c(OC)cc(OC)c3Cl)nc(OCC)c2n1. The lowest BCUT2D eigenvalue weighted by Gasteiger charge is -2.19. The highest BCUT2D eigenvalue weighted by Gasteiger charge is 2.30. The Hall–Kier alpha value is -3.14. The molecule has 0 amide bonds. The number of halogens is 2. The molecule has 1 saturated heterocycles. The van der Waals surface area contributed by atoms with Gasteiger partial charge in [-0.05, 0) is 19.1 Å². The fourth-order valence-corrected chi connectivity index (χ4v) is 4.72. The minimum atomic E-state index is -0.115. The summed E-state index contributed by atoms with van der Waals surface area (Å²) in [6, 6.07) is 3.27. The number of nitrogens with one attached hydrogen (secondary N) is 1. The molecule has 0 spiro atoms. The highest BCUT2D eigenvalue weighted by molar-refractivity contribution is 6.41. The maximum atomic E-state index is 11.8. The molecule has 0 unspecified atom stereocenters. The molecule has 2 atom stereocenters. The zero-order valence-electron chi connectivity index (χ0n) is 20.1. The lowest BCUT2D eigenvalue weighted by atomic mass is 9.97. The highest BCUT2D eigenvalue weighted by atomic mass is 35.5. The van der Waals surface area contributed by atoms with Gasteiger partial charge in [-0.2, -0.15) is 0 Å². The molecular formula is C25H26Cl2N4O5. The maximum absolute atomic E-state index is 11.8. The third kappa shape index (κ3) is 5.18. The number of ether oxygens (including phenoxy) is 4. The van der Waals surface area contributed by atoms with Crippen LogP contribution in [0.5, 0.6) is 17.4 Å². The predicted octanol–water partition coefficient (Wildman–Crippen LogP) is 4.99. The van der Waals surface area contributed by atoms with Crippen molar-refractivity contribution in [1.82, 2.24) is 15.0 Å². The molecule has 1 aliphatic rings. The zero-order chi connectivity index (χ0) is 25.8. The van der Waals surface area contributed by atoms with Gasteiger partial charge in [-0.25, -0.2) is 15.0 Å². The van der Waals surface area contributed by atoms with E-state index in [1.807, 2.05) is 6.92 Å². The Morgan fingerprint density at radius 2 is 1.92 bits per heavy atom. The number of aromatic nitrogens is 3. The lowest BCUT2D eigenvalue weighted by molar-refractivity contribution is -0.115. The molecule has 1 N–H and O–H groups in total. The van der Waals surface area contributed by atoms with Crippen LogP contribution in [-0.4, -0.2) is 60.8 Å². The Balaban J connectivity index is 1.75. The molecule has 4 rings (SSSR count). The molecule has 1 aliphatic heterocycles. The molecule has 3 aromatic rings. The number of hydrogen-bond donors (Lipinski definition) is 1. The third-order valence-corrected chi connectivity index (χ3v) is 6.60. The Morgan fingerprint density at radius 3 is 2.56 bits per heavy atom. The summed E-state index contributed by atoms with van der Waals surface area (Å²) in [5.74, 6) is 1.43. The largest absolute Gasteiger partial charge is 0.495 e. The van der Waals surface area contributed by atoms with Crippen LogP contribution in [0.3, 0.4) is 0 Å². The maximum Gasteiger partial charge on any atom is 0.241 e. The summed E-state index contributed by atoms with van der Waals surface area (Å²) >= 11 is 13.2. The van der Waals surface area contributed by atoms with Gasteiger partial charge in [0.05, 0.1) is 55.8 Å². The molecule has 1 fully saturated rings. The molecule has 0 radical (unpaired) electrons. The number of fused-ring (bicyclic) bond motifs is 1. The monoisotopic (exact) mass is 532 g/mol. The molecule has 9 nitrogen and oxygen atoms in total. The number of carbonyl (C=O) groups excluding carboxylic acids is 1. The molecular weight excluding hydrogens is 507 g/mol. The van der Waals surface area contributed by atoms with Crippen molar-refractivity contribution in [1.29, 1.82) is 0 Å². The predicted molar refractivity (Wildman–Crippen MR) is 139 cm³/mol. The number of hydrogen-bond acceptors (Lipinski definition) is 9. The second-order valence-corrected chi connectivity index (χ2v) is 8.84. The molecule has 0 bridgehead atoms. The third-order valence-electron chi connectivity index (χ3n) is 5.85. The number of nitrogens with zero attached hydrogens (tertiary/aromatic N) is 3. The molecule has 36 heavy (non-hydrogen) atoms. The summed E-state index contributed by atoms with van der Waals surface area (Å²) in [5, 5.41) is 4.53. The fraction of sp³-hybridized carbons (Fsp3) is 0.360. The Morgan fingerprint density at radius 1 is 1.19 bits per heavy atom. The van der Waals surface area contributed by atoms with E-state index in [1.54, 1.807) is 18.3 Å². The van der Waals surface area contributed by atoms with Crippen LogP contribution >= 0.6 is 23.2 Å². The van der Waals surface area contributed by atoms with Crippen LogP contribution in [0.4, 0.5) is 5.95 Å². The van der Waals surface area contributed by atoms with Crippen molar-refractivity contribution in [3.8, 4) is 28.6 Å². The van der Waals surface area contributed by atoms with Gasteiger partial charge >= 0.3 is 0 Å². The molecule has 3 heterocycles. The minimum absolute atomic E-state index is 0.00557. The van der Waals surface area contributed by atoms with Crippen molar-refractivity contribution >= 4 is 45.8 Å². The standard InChI is InChI=1S/C25H26Cl2N4O5/c1-5-15(32)7-14-11-35-12-17(14)30-25-28-10-13-8-16(29-24(36-6-2)23(13)31-25)20-21(26)18(33-3)9-19(34-4)22(20)27/h5,8-10,14,17H,1,6-7,11-12H2,2-4H3,(H,28,30,31)/t14-,17+/m0/s1. The molecule has 11 heteroatoms. The van der Waals surface area contributed by atoms with E-state index in [2.05, 4.69) is 26.8 Å². The van der Waals surface area contributed by atoms with Gasteiger partial charge in [0.15, 0.2) is 5.78 Å². The summed E-state index contributed by atoms with van der Waals surface area (Å²) in [6.45, 7) is 6.69. The van der Waals surface area contributed by atoms with Crippen molar-refractivity contribution in [2.24, 2.45) is 5.92 Å². The first-order valence-electron chi connectivity index (χ1n) is 11.3. The average molecular weight is 533 g/mol. The van der Waals surface area contributed by atoms with E-state index >= 15 is 0 Å². The quantitative estimate of drug-likeness (QED) is 0.361. The topological polar surface area (TPSA) is 105 Å². The van der Waals surface area contributed by atoms with Gasteiger partial charge < -0.3 is 24.3 Å². The average Bonchev–Trinajstić information content (AvgIpc) is 3.30. The first-order valence-corrected chi connectivity index (χ1v) is 12.1. The molecule has 190 valence electrons. The minimum Gasteiger partial charge on any atom is -0.495 e. The highest BCUT2D eigenvalue weighted by Crippen LogP contribution is 2.46. The van der Waals surface area contributed by atoms with Gasteiger partial charge in [-0.1, -0.05) is 29.8 Å². The van der Waals surface area contributed by atoms with Gasteiger partial charge in [-0.15, -0.1) is 0 Å². The van der Waals surface area contributed by atoms with E-state index < -0.39 is 0 Å². The number of ketones is 1. The molecule has 0 aliphatic carbocycles. The Labute approximate surface area is 218 Å². The van der Waals surface area contributed by atoms with Crippen LogP contribution in [0.1, 0.15) is 13.3 Å². The number of anilines is 1. The van der Waals surface area contributed by atoms with E-state index in [0.717, 1.165) is 0 Å². The molecule has 1 aromatic carbocycles. The van der Waals surface area contributed by atoms with Gasteiger partial charge in [0.2, 0.25) is 11.8 Å². The van der Waals surface area contributed by atoms with Crippen molar-refractivity contribution in [2.45, 2.75) is 19.4 Å². The summed E-state index contributed by atoms with van der Waals surface area (Å²) in [5.41, 5.74) is 1.41. The van der Waals surface area contributed by atoms with Gasteiger partial charge in [0.1, 0.15) is 17.0 Å². The van der Waals surface area contributed by atoms with Crippen molar-refractivity contribution < 1.29 is 23.7 Å². The zero-order valence-corrected chi connectivity index (χ0v) is 21.7. The van der Waals surface area contributed by atoms with E-state index in [1.165, 1.54) is 20.3 Å². The number of benzene rings is 1. The van der Waals surface area contributed by atoms with Crippen molar-refractivity contribution in [3.05, 3.63) is 41.0 Å². The van der Waals surface area contributed by atoms with Crippen LogP contribution in [0, 0.1) is 5.92 Å². The van der Waals surface area contributed by atoms with Crippen LogP contribution in [0.25, 0.3) is 22.2 Å². The van der Waals surface area contributed by atoms with Gasteiger partial charge in [0.25, 0.3) is 0 Å². The number of rotatable bonds is 10. The van der Waals surface area contributed by atoms with Crippen LogP contribution < -0.4 is 19.5 Å².